The first kappa shape index (κ1) is 14.3. The highest BCUT2D eigenvalue weighted by Gasteiger charge is 2.32. The molecular weight excluding hydrogens is 312 g/mol. The van der Waals surface area contributed by atoms with Gasteiger partial charge in [-0.3, -0.25) is 0 Å². The number of nitrogens with zero attached hydrogens (tertiary/aromatic N) is 4. The fourth-order valence-electron chi connectivity index (χ4n) is 2.07. The molecule has 0 saturated carbocycles. The van der Waals surface area contributed by atoms with Gasteiger partial charge in [0, 0.05) is 6.54 Å². The van der Waals surface area contributed by atoms with E-state index in [1.165, 1.54) is 20.5 Å². The minimum absolute atomic E-state index is 0.0367. The number of carbonyl (C=O) groups excluding carboxylic acids is 1. The summed E-state index contributed by atoms with van der Waals surface area (Å²) in [5, 5.41) is 0.280. The molecule has 22 heavy (non-hydrogen) atoms. The first-order valence-electron chi connectivity index (χ1n) is 6.22. The number of ether oxygens (including phenoxy) is 3. The average Bonchev–Trinajstić information content (AvgIpc) is 3.06. The average molecular weight is 323 g/mol. The number of rotatable bonds is 4. The first-order chi connectivity index (χ1) is 10.7. The summed E-state index contributed by atoms with van der Waals surface area (Å²) in [4.78, 5) is 23.8. The Morgan fingerprint density at radius 1 is 1.27 bits per heavy atom. The van der Waals surface area contributed by atoms with Crippen LogP contribution in [-0.4, -0.2) is 39.7 Å². The fourth-order valence-corrected chi connectivity index (χ4v) is 2.24. The van der Waals surface area contributed by atoms with Crippen LogP contribution < -0.4 is 0 Å². The molecule has 0 unspecified atom stereocenters. The summed E-state index contributed by atoms with van der Waals surface area (Å²) in [6.45, 7) is 0.357. The van der Waals surface area contributed by atoms with Crippen molar-refractivity contribution in [1.82, 2.24) is 19.5 Å². The van der Waals surface area contributed by atoms with Crippen LogP contribution in [0.4, 0.5) is 0 Å². The van der Waals surface area contributed by atoms with Gasteiger partial charge in [0.1, 0.15) is 11.8 Å². The number of hydrogen-bond donors (Lipinski definition) is 0. The lowest BCUT2D eigenvalue weighted by Gasteiger charge is -2.03. The van der Waals surface area contributed by atoms with Crippen LogP contribution in [0.25, 0.3) is 11.2 Å². The van der Waals surface area contributed by atoms with E-state index in [0.717, 1.165) is 0 Å². The van der Waals surface area contributed by atoms with Crippen molar-refractivity contribution in [2.45, 2.75) is 6.54 Å². The van der Waals surface area contributed by atoms with Crippen molar-refractivity contribution in [3.05, 3.63) is 41.2 Å². The van der Waals surface area contributed by atoms with Gasteiger partial charge in [0.05, 0.1) is 20.5 Å². The normalized spacial score (nSPS) is 16.5. The molecule has 2 aromatic rings. The third-order valence-corrected chi connectivity index (χ3v) is 3.33. The second-order valence-corrected chi connectivity index (χ2v) is 4.62. The number of fused-ring (bicyclic) bond motifs is 1. The first-order valence-corrected chi connectivity index (χ1v) is 6.59. The van der Waals surface area contributed by atoms with Crippen molar-refractivity contribution in [2.24, 2.45) is 0 Å². The number of carbonyl (C=O) groups is 1. The molecule has 114 valence electrons. The molecule has 0 aromatic carbocycles. The van der Waals surface area contributed by atoms with Crippen molar-refractivity contribution in [3.8, 4) is 0 Å². The predicted octanol–water partition coefficient (Wildman–Crippen LogP) is 1.42. The number of esters is 1. The van der Waals surface area contributed by atoms with Crippen LogP contribution in [-0.2, 0) is 25.5 Å². The maximum absolute atomic E-state index is 11.6. The van der Waals surface area contributed by atoms with Crippen LogP contribution in [0, 0.1) is 0 Å². The Labute approximate surface area is 130 Å². The molecular formula is C13H11ClN4O4. The molecule has 3 heterocycles. The van der Waals surface area contributed by atoms with Gasteiger partial charge in [0.25, 0.3) is 5.76 Å². The van der Waals surface area contributed by atoms with E-state index in [-0.39, 0.29) is 22.4 Å². The monoisotopic (exact) mass is 322 g/mol. The predicted molar refractivity (Wildman–Crippen MR) is 75.6 cm³/mol. The molecule has 1 aliphatic heterocycles. The van der Waals surface area contributed by atoms with Crippen LogP contribution in [0.2, 0.25) is 5.15 Å². The lowest BCUT2D eigenvalue weighted by Crippen LogP contribution is -2.00. The third-order valence-electron chi connectivity index (χ3n) is 3.06. The maximum atomic E-state index is 11.6. The number of aromatic nitrogens is 4. The van der Waals surface area contributed by atoms with Crippen molar-refractivity contribution in [2.75, 3.05) is 14.2 Å². The standard InChI is InChI=1S/C13H11ClN4O4/c1-20-9-7(22-13(19)10(9)21-2)3-4-18-6-17-8-11(14)15-5-16-12(8)18/h3,5-6H,4H2,1-2H3/b7-3-. The number of imidazole rings is 1. The van der Waals surface area contributed by atoms with Gasteiger partial charge in [-0.25, -0.2) is 19.7 Å². The highest BCUT2D eigenvalue weighted by atomic mass is 35.5. The molecule has 8 nitrogen and oxygen atoms in total. The summed E-state index contributed by atoms with van der Waals surface area (Å²) in [6.07, 6.45) is 4.60. The van der Waals surface area contributed by atoms with Crippen LogP contribution in [0.15, 0.2) is 36.0 Å². The summed E-state index contributed by atoms with van der Waals surface area (Å²) in [5.74, 6) is -0.0167. The lowest BCUT2D eigenvalue weighted by molar-refractivity contribution is -0.136. The van der Waals surface area contributed by atoms with Crippen molar-refractivity contribution >= 4 is 28.7 Å². The van der Waals surface area contributed by atoms with E-state index in [2.05, 4.69) is 15.0 Å². The number of halogens is 1. The highest BCUT2D eigenvalue weighted by Crippen LogP contribution is 2.27. The molecule has 9 heteroatoms. The molecule has 0 fully saturated rings. The van der Waals surface area contributed by atoms with Gasteiger partial charge in [0.2, 0.25) is 5.76 Å². The Kier molecular flexibility index (Phi) is 3.68. The number of cyclic esters (lactones) is 1. The van der Waals surface area contributed by atoms with Crippen LogP contribution in [0.5, 0.6) is 0 Å². The quantitative estimate of drug-likeness (QED) is 0.621. The minimum atomic E-state index is -0.591. The van der Waals surface area contributed by atoms with Crippen LogP contribution >= 0.6 is 11.6 Å². The van der Waals surface area contributed by atoms with Gasteiger partial charge < -0.3 is 18.8 Å². The summed E-state index contributed by atoms with van der Waals surface area (Å²) in [6, 6.07) is 0. The SMILES string of the molecule is COC1=C(OC)/C(=C/Cn2cnc3c(Cl)ncnc32)OC1=O. The lowest BCUT2D eigenvalue weighted by atomic mass is 10.3. The van der Waals surface area contributed by atoms with Crippen molar-refractivity contribution < 1.29 is 19.0 Å². The summed E-state index contributed by atoms with van der Waals surface area (Å²) in [5.41, 5.74) is 1.09. The topological polar surface area (TPSA) is 88.4 Å². The number of hydrogen-bond acceptors (Lipinski definition) is 7. The van der Waals surface area contributed by atoms with E-state index in [4.69, 9.17) is 25.8 Å². The summed E-state index contributed by atoms with van der Waals surface area (Å²) in [7, 11) is 2.81. The summed E-state index contributed by atoms with van der Waals surface area (Å²) < 4.78 is 17.0. The van der Waals surface area contributed by atoms with Gasteiger partial charge in [-0.1, -0.05) is 11.6 Å². The van der Waals surface area contributed by atoms with Crippen LogP contribution in [0.1, 0.15) is 0 Å². The van der Waals surface area contributed by atoms with E-state index in [0.29, 0.717) is 17.7 Å². The number of methoxy groups -OCH3 is 2. The highest BCUT2D eigenvalue weighted by molar-refractivity contribution is 6.33. The van der Waals surface area contributed by atoms with Crippen LogP contribution in [0.3, 0.4) is 0 Å². The summed E-state index contributed by atoms with van der Waals surface area (Å²) >= 11 is 5.94. The van der Waals surface area contributed by atoms with Crippen molar-refractivity contribution in [1.29, 1.82) is 0 Å². The molecule has 2 aromatic heterocycles. The Morgan fingerprint density at radius 2 is 2.05 bits per heavy atom. The molecule has 0 N–H and O–H groups in total. The van der Waals surface area contributed by atoms with E-state index < -0.39 is 5.97 Å². The van der Waals surface area contributed by atoms with Gasteiger partial charge >= 0.3 is 5.97 Å². The minimum Gasteiger partial charge on any atom is -0.490 e. The molecule has 3 rings (SSSR count). The molecule has 0 bridgehead atoms. The zero-order valence-corrected chi connectivity index (χ0v) is 12.5. The zero-order chi connectivity index (χ0) is 15.7. The van der Waals surface area contributed by atoms with Gasteiger partial charge in [0.15, 0.2) is 16.6 Å². The van der Waals surface area contributed by atoms with Gasteiger partial charge in [-0.05, 0) is 6.08 Å². The van der Waals surface area contributed by atoms with Gasteiger partial charge in [-0.15, -0.1) is 0 Å². The Hall–Kier alpha value is -2.61. The fraction of sp³-hybridized carbons (Fsp3) is 0.231. The van der Waals surface area contributed by atoms with E-state index in [1.807, 2.05) is 0 Å². The second-order valence-electron chi connectivity index (χ2n) is 4.26. The zero-order valence-electron chi connectivity index (χ0n) is 11.7. The Balaban J connectivity index is 1.92. The molecule has 0 amide bonds. The van der Waals surface area contributed by atoms with Gasteiger partial charge in [-0.2, -0.15) is 0 Å². The van der Waals surface area contributed by atoms with E-state index in [1.54, 1.807) is 17.0 Å². The Morgan fingerprint density at radius 3 is 2.77 bits per heavy atom. The van der Waals surface area contributed by atoms with E-state index >= 15 is 0 Å². The van der Waals surface area contributed by atoms with Crippen molar-refractivity contribution in [3.63, 3.8) is 0 Å². The molecule has 0 atom stereocenters. The largest absolute Gasteiger partial charge is 0.490 e. The van der Waals surface area contributed by atoms with E-state index in [9.17, 15) is 4.79 Å². The molecule has 0 spiro atoms. The Bertz CT molecular complexity index is 811. The molecule has 1 aliphatic rings. The number of allylic oxidation sites excluding steroid dienone is 1. The second kappa shape index (κ2) is 5.64. The molecule has 0 aliphatic carbocycles. The molecule has 0 radical (unpaired) electrons. The molecule has 0 saturated heterocycles. The maximum Gasteiger partial charge on any atom is 0.383 e. The smallest absolute Gasteiger partial charge is 0.383 e. The third kappa shape index (κ3) is 2.27.